The van der Waals surface area contributed by atoms with Gasteiger partial charge in [-0.1, -0.05) is 167 Å². The Balaban J connectivity index is 0.00000108. The van der Waals surface area contributed by atoms with Crippen LogP contribution in [-0.2, 0) is 18.5 Å². The highest BCUT2D eigenvalue weighted by Crippen LogP contribution is 2.35. The Morgan fingerprint density at radius 3 is 0.875 bits per heavy atom. The summed E-state index contributed by atoms with van der Waals surface area (Å²) < 4.78 is 142. The number of benzene rings is 6. The molecule has 0 fully saturated rings. The van der Waals surface area contributed by atoms with E-state index in [0.717, 1.165) is 67.8 Å². The molecule has 0 unspecified atom stereocenters. The van der Waals surface area contributed by atoms with Crippen LogP contribution >= 0.6 is 0 Å². The molecule has 0 saturated heterocycles. The predicted molar refractivity (Wildman–Crippen MR) is 376 cm³/mol. The van der Waals surface area contributed by atoms with Crippen LogP contribution in [0.5, 0.6) is 5.75 Å². The van der Waals surface area contributed by atoms with E-state index >= 15 is 0 Å². The lowest BCUT2D eigenvalue weighted by molar-refractivity contribution is -0.905. The lowest BCUT2D eigenvalue weighted by Crippen LogP contribution is -2.28. The zero-order valence-electron chi connectivity index (χ0n) is 60.0. The standard InChI is InChI=1S/3C11H13F3.2C10H13F.C10H14O.C9H13N.C8H12NO.CH4/c3*1-7(2)10-5-4-9(6-8(10)3)11(12,13)14;2*1-7(2)10-5-4-9(11)6-8(10)3;1-8(2)9-4-6-10(11-3)7-5-9;1-7(2)9-5-4-8(3)10-6-9;1-7(2)8-4-3-5-9(10)6-8;/h3*4-7H,1-3H3;2*4-7H,1-3H3;4-8H,1-3H3;4-7H,1-3H3;3-7,10H,1-2H3;1H4/q;;;;;;;+1;. The van der Waals surface area contributed by atoms with E-state index in [9.17, 15) is 48.3 Å². The minimum atomic E-state index is -4.24. The second kappa shape index (κ2) is 41.5. The monoisotopic (exact) mass is 1350 g/mol. The summed E-state index contributed by atoms with van der Waals surface area (Å²) in [5.74, 6) is 4.04. The van der Waals surface area contributed by atoms with Gasteiger partial charge in [0.1, 0.15) is 17.4 Å². The zero-order valence-corrected chi connectivity index (χ0v) is 60.0. The van der Waals surface area contributed by atoms with Crippen LogP contribution in [0.3, 0.4) is 0 Å². The molecule has 4 nitrogen and oxygen atoms in total. The number of ether oxygens (including phenoxy) is 1. The van der Waals surface area contributed by atoms with Crippen LogP contribution in [-0.4, -0.2) is 17.3 Å². The molecule has 0 aliphatic heterocycles. The third kappa shape index (κ3) is 32.5. The van der Waals surface area contributed by atoms with E-state index in [1.54, 1.807) is 70.6 Å². The van der Waals surface area contributed by atoms with Crippen molar-refractivity contribution in [3.05, 3.63) is 264 Å². The summed E-state index contributed by atoms with van der Waals surface area (Å²) in [5, 5.41) is 8.98. The summed E-state index contributed by atoms with van der Waals surface area (Å²) in [7, 11) is 1.68. The van der Waals surface area contributed by atoms with Gasteiger partial charge in [-0.15, -0.1) is 0 Å². The first kappa shape index (κ1) is 88.5. The molecule has 2 heterocycles. The SMILES string of the molecule is C.CC(C)c1ccc[n+](O)c1.COc1ccc(C(C)C)cc1.Cc1cc(C(F)(F)F)ccc1C(C)C.Cc1cc(C(F)(F)F)ccc1C(C)C.Cc1cc(C(F)(F)F)ccc1C(C)C.Cc1cc(F)ccc1C(C)C.Cc1cc(F)ccc1C(C)C.Cc1ccc(C(C)C)cn1. The number of methoxy groups -OCH3 is 1. The van der Waals surface area contributed by atoms with Crippen molar-refractivity contribution in [1.82, 2.24) is 4.98 Å². The molecule has 0 atom stereocenters. The minimum Gasteiger partial charge on any atom is -0.497 e. The second-order valence-corrected chi connectivity index (χ2v) is 26.0. The van der Waals surface area contributed by atoms with Crippen LogP contribution in [0.2, 0.25) is 0 Å². The molecule has 0 saturated carbocycles. The summed E-state index contributed by atoms with van der Waals surface area (Å²) in [6.45, 7) is 44.2. The fraction of sp³-hybridized carbons (Fsp3) is 0.432. The van der Waals surface area contributed by atoms with E-state index in [1.807, 2.05) is 105 Å². The predicted octanol–water partition coefficient (Wildman–Crippen LogP) is 26.2. The van der Waals surface area contributed by atoms with Crippen molar-refractivity contribution in [2.45, 2.75) is 226 Å². The van der Waals surface area contributed by atoms with Crippen molar-refractivity contribution >= 4 is 0 Å². The van der Waals surface area contributed by atoms with Crippen LogP contribution in [0, 0.1) is 53.2 Å². The lowest BCUT2D eigenvalue weighted by Gasteiger charge is -2.13. The maximum Gasteiger partial charge on any atom is 0.416 e. The molecule has 1 N–H and O–H groups in total. The van der Waals surface area contributed by atoms with E-state index in [4.69, 9.17) is 9.94 Å². The van der Waals surface area contributed by atoms with E-state index in [1.165, 1.54) is 52.6 Å². The first-order valence-corrected chi connectivity index (χ1v) is 32.1. The number of alkyl halides is 9. The third-order valence-corrected chi connectivity index (χ3v) is 15.2. The molecule has 0 radical (unpaired) electrons. The molecule has 530 valence electrons. The van der Waals surface area contributed by atoms with E-state index in [0.29, 0.717) is 46.3 Å². The number of aryl methyl sites for hydroxylation is 6. The van der Waals surface area contributed by atoms with Crippen LogP contribution in [0.15, 0.2) is 158 Å². The van der Waals surface area contributed by atoms with Gasteiger partial charge < -0.3 is 4.74 Å². The molecule has 15 heteroatoms. The number of rotatable bonds is 9. The number of pyridine rings is 2. The number of nitrogens with zero attached hydrogens (tertiary/aromatic N) is 2. The quantitative estimate of drug-likeness (QED) is 0.0890. The molecule has 0 amide bonds. The number of aromatic nitrogens is 2. The normalized spacial score (nSPS) is 11.1. The highest BCUT2D eigenvalue weighted by atomic mass is 19.4. The number of hydrogen-bond donors (Lipinski definition) is 1. The molecule has 0 spiro atoms. The van der Waals surface area contributed by atoms with Gasteiger partial charge >= 0.3 is 18.5 Å². The Bertz CT molecular complexity index is 3290. The minimum absolute atomic E-state index is 0. The van der Waals surface area contributed by atoms with Crippen molar-refractivity contribution < 1.29 is 63.0 Å². The number of hydrogen-bond acceptors (Lipinski definition) is 3. The van der Waals surface area contributed by atoms with Gasteiger partial charge in [-0.3, -0.25) is 10.2 Å². The lowest BCUT2D eigenvalue weighted by atomic mass is 9.96. The van der Waals surface area contributed by atoms with E-state index in [2.05, 4.69) is 98.5 Å². The Morgan fingerprint density at radius 1 is 0.365 bits per heavy atom. The summed E-state index contributed by atoms with van der Waals surface area (Å²) >= 11 is 0. The van der Waals surface area contributed by atoms with Crippen molar-refractivity contribution in [1.29, 1.82) is 0 Å². The molecule has 2 aromatic heterocycles. The highest BCUT2D eigenvalue weighted by Gasteiger charge is 2.32. The number of halogens is 11. The van der Waals surface area contributed by atoms with Gasteiger partial charge in [0, 0.05) is 28.3 Å². The van der Waals surface area contributed by atoms with E-state index < -0.39 is 35.2 Å². The van der Waals surface area contributed by atoms with Gasteiger partial charge in [0.15, 0.2) is 0 Å². The van der Waals surface area contributed by atoms with Crippen LogP contribution in [0.25, 0.3) is 0 Å². The Kier molecular flexibility index (Phi) is 38.3. The maximum atomic E-state index is 12.6. The average Bonchev–Trinajstić information content (AvgIpc) is 0.857. The summed E-state index contributed by atoms with van der Waals surface area (Å²) in [6, 6.07) is 37.8. The summed E-state index contributed by atoms with van der Waals surface area (Å²) in [6.07, 6.45) is -7.45. The van der Waals surface area contributed by atoms with Crippen molar-refractivity contribution in [3.8, 4) is 5.75 Å². The van der Waals surface area contributed by atoms with Crippen LogP contribution in [0.4, 0.5) is 48.3 Å². The average molecular weight is 1350 g/mol. The van der Waals surface area contributed by atoms with Gasteiger partial charge in [0.05, 0.1) is 23.8 Å². The molecule has 6 aromatic carbocycles. The first-order valence-electron chi connectivity index (χ1n) is 32.1. The largest absolute Gasteiger partial charge is 0.497 e. The van der Waals surface area contributed by atoms with Gasteiger partial charge in [0.25, 0.3) is 0 Å². The maximum absolute atomic E-state index is 12.6. The van der Waals surface area contributed by atoms with Crippen LogP contribution < -0.4 is 9.47 Å². The van der Waals surface area contributed by atoms with Gasteiger partial charge in [-0.2, -0.15) is 39.5 Å². The molecular formula is C81H108F11N2O2+. The third-order valence-electron chi connectivity index (χ3n) is 15.2. The first-order chi connectivity index (χ1) is 43.8. The van der Waals surface area contributed by atoms with Crippen LogP contribution in [0.1, 0.15) is 260 Å². The molecule has 8 rings (SSSR count). The fourth-order valence-electron chi connectivity index (χ4n) is 9.71. The topological polar surface area (TPSA) is 46.2 Å². The zero-order chi connectivity index (χ0) is 73.0. The Morgan fingerprint density at radius 2 is 0.656 bits per heavy atom. The molecule has 96 heavy (non-hydrogen) atoms. The van der Waals surface area contributed by atoms with Gasteiger partial charge in [0.2, 0.25) is 12.4 Å². The molecule has 0 aliphatic carbocycles. The van der Waals surface area contributed by atoms with Crippen molar-refractivity contribution in [2.75, 3.05) is 7.11 Å². The summed E-state index contributed by atoms with van der Waals surface area (Å²) in [5.41, 5.74) is 12.7. The highest BCUT2D eigenvalue weighted by molar-refractivity contribution is 5.37. The second-order valence-electron chi connectivity index (χ2n) is 26.0. The van der Waals surface area contributed by atoms with Gasteiger partial charge in [-0.05, 0) is 241 Å². The molecular weight excluding hydrogens is 1240 g/mol. The van der Waals surface area contributed by atoms with E-state index in [-0.39, 0.29) is 36.8 Å². The summed E-state index contributed by atoms with van der Waals surface area (Å²) in [4.78, 5) is 4.20. The molecule has 8 aromatic rings. The Labute approximate surface area is 568 Å². The van der Waals surface area contributed by atoms with Crippen molar-refractivity contribution in [2.24, 2.45) is 0 Å². The van der Waals surface area contributed by atoms with Gasteiger partial charge in [-0.25, -0.2) is 8.78 Å². The fourth-order valence-corrected chi connectivity index (χ4v) is 9.71. The Hall–Kier alpha value is -7.55. The molecule has 0 bridgehead atoms. The smallest absolute Gasteiger partial charge is 0.416 e. The van der Waals surface area contributed by atoms with Crippen molar-refractivity contribution in [3.63, 3.8) is 0 Å². The molecule has 0 aliphatic rings.